The highest BCUT2D eigenvalue weighted by Crippen LogP contribution is 2.33. The molecule has 0 aromatic heterocycles. The SMILES string of the molecule is COC(C)(C)CC(C)NC(C)CC1CC1. The van der Waals surface area contributed by atoms with Gasteiger partial charge in [-0.2, -0.15) is 0 Å². The van der Waals surface area contributed by atoms with Gasteiger partial charge in [0.1, 0.15) is 0 Å². The summed E-state index contributed by atoms with van der Waals surface area (Å²) in [5.74, 6) is 1.01. The third-order valence-electron chi connectivity index (χ3n) is 3.30. The summed E-state index contributed by atoms with van der Waals surface area (Å²) in [5, 5.41) is 3.66. The fourth-order valence-corrected chi connectivity index (χ4v) is 2.29. The first-order valence-electron chi connectivity index (χ1n) is 6.24. The van der Waals surface area contributed by atoms with Gasteiger partial charge in [-0.05, 0) is 46.5 Å². The molecule has 1 aliphatic carbocycles. The van der Waals surface area contributed by atoms with Crippen LogP contribution in [0.5, 0.6) is 0 Å². The van der Waals surface area contributed by atoms with Crippen LogP contribution < -0.4 is 5.32 Å². The Kier molecular flexibility index (Phi) is 4.60. The Balaban J connectivity index is 2.18. The van der Waals surface area contributed by atoms with Gasteiger partial charge < -0.3 is 10.1 Å². The van der Waals surface area contributed by atoms with E-state index in [1.165, 1.54) is 19.3 Å². The van der Waals surface area contributed by atoms with Crippen LogP contribution in [0.3, 0.4) is 0 Å². The van der Waals surface area contributed by atoms with E-state index in [4.69, 9.17) is 4.74 Å². The predicted molar refractivity (Wildman–Crippen MR) is 65.1 cm³/mol. The van der Waals surface area contributed by atoms with Crippen molar-refractivity contribution in [3.05, 3.63) is 0 Å². The molecule has 1 fully saturated rings. The molecule has 0 aromatic carbocycles. The van der Waals surface area contributed by atoms with E-state index in [1.807, 2.05) is 0 Å². The zero-order valence-electron chi connectivity index (χ0n) is 11.0. The Labute approximate surface area is 94.8 Å². The van der Waals surface area contributed by atoms with Crippen LogP contribution in [0.25, 0.3) is 0 Å². The molecule has 0 aliphatic heterocycles. The molecule has 2 nitrogen and oxygen atoms in total. The molecule has 2 unspecified atom stereocenters. The summed E-state index contributed by atoms with van der Waals surface area (Å²) in [7, 11) is 1.79. The molecule has 2 atom stereocenters. The maximum atomic E-state index is 5.44. The normalized spacial score (nSPS) is 21.4. The zero-order valence-corrected chi connectivity index (χ0v) is 11.0. The Morgan fingerprint density at radius 3 is 2.33 bits per heavy atom. The molecule has 2 heteroatoms. The first kappa shape index (κ1) is 13.0. The first-order chi connectivity index (χ1) is 6.93. The average molecular weight is 213 g/mol. The number of hydrogen-bond donors (Lipinski definition) is 1. The minimum Gasteiger partial charge on any atom is -0.379 e. The smallest absolute Gasteiger partial charge is 0.0637 e. The standard InChI is InChI=1S/C13H27NO/c1-10(8-12-6-7-12)14-11(2)9-13(3,4)15-5/h10-12,14H,6-9H2,1-5H3. The van der Waals surface area contributed by atoms with Gasteiger partial charge >= 0.3 is 0 Å². The predicted octanol–water partition coefficient (Wildman–Crippen LogP) is 2.97. The summed E-state index contributed by atoms with van der Waals surface area (Å²) in [6, 6.07) is 1.19. The third-order valence-corrected chi connectivity index (χ3v) is 3.30. The van der Waals surface area contributed by atoms with Crippen molar-refractivity contribution in [1.29, 1.82) is 0 Å². The molecule has 1 N–H and O–H groups in total. The summed E-state index contributed by atoms with van der Waals surface area (Å²) >= 11 is 0. The maximum absolute atomic E-state index is 5.44. The number of nitrogens with one attached hydrogen (secondary N) is 1. The van der Waals surface area contributed by atoms with Gasteiger partial charge in [-0.1, -0.05) is 12.8 Å². The summed E-state index contributed by atoms with van der Waals surface area (Å²) < 4.78 is 5.44. The number of ether oxygens (including phenoxy) is 1. The minimum absolute atomic E-state index is 0.00822. The summed E-state index contributed by atoms with van der Waals surface area (Å²) in [6.07, 6.45) is 5.31. The molecular weight excluding hydrogens is 186 g/mol. The van der Waals surface area contributed by atoms with Gasteiger partial charge in [-0.3, -0.25) is 0 Å². The molecule has 90 valence electrons. The van der Waals surface area contributed by atoms with Crippen molar-refractivity contribution >= 4 is 0 Å². The molecule has 0 aromatic rings. The van der Waals surface area contributed by atoms with Crippen LogP contribution in [-0.2, 0) is 4.74 Å². The van der Waals surface area contributed by atoms with E-state index in [0.29, 0.717) is 12.1 Å². The quantitative estimate of drug-likeness (QED) is 0.702. The maximum Gasteiger partial charge on any atom is 0.0637 e. The fraction of sp³-hybridized carbons (Fsp3) is 1.00. The highest BCUT2D eigenvalue weighted by molar-refractivity contribution is 4.81. The molecular formula is C13H27NO. The zero-order chi connectivity index (χ0) is 11.5. The average Bonchev–Trinajstić information content (AvgIpc) is 2.86. The van der Waals surface area contributed by atoms with Crippen molar-refractivity contribution in [1.82, 2.24) is 5.32 Å². The lowest BCUT2D eigenvalue weighted by atomic mass is 9.99. The van der Waals surface area contributed by atoms with Crippen molar-refractivity contribution < 1.29 is 4.74 Å². The van der Waals surface area contributed by atoms with Gasteiger partial charge in [0, 0.05) is 19.2 Å². The van der Waals surface area contributed by atoms with Crippen molar-refractivity contribution in [2.75, 3.05) is 7.11 Å². The van der Waals surface area contributed by atoms with Crippen molar-refractivity contribution in [3.8, 4) is 0 Å². The van der Waals surface area contributed by atoms with E-state index in [0.717, 1.165) is 12.3 Å². The highest BCUT2D eigenvalue weighted by Gasteiger charge is 2.25. The number of rotatable bonds is 7. The largest absolute Gasteiger partial charge is 0.379 e. The number of hydrogen-bond acceptors (Lipinski definition) is 2. The van der Waals surface area contributed by atoms with Crippen LogP contribution in [0.1, 0.15) is 53.4 Å². The first-order valence-corrected chi connectivity index (χ1v) is 6.24. The Bertz CT molecular complexity index is 187. The number of methoxy groups -OCH3 is 1. The van der Waals surface area contributed by atoms with Crippen molar-refractivity contribution in [2.45, 2.75) is 71.1 Å². The topological polar surface area (TPSA) is 21.3 Å². The molecule has 0 spiro atoms. The van der Waals surface area contributed by atoms with Crippen LogP contribution in [0.15, 0.2) is 0 Å². The molecule has 15 heavy (non-hydrogen) atoms. The van der Waals surface area contributed by atoms with E-state index >= 15 is 0 Å². The van der Waals surface area contributed by atoms with Gasteiger partial charge in [0.25, 0.3) is 0 Å². The van der Waals surface area contributed by atoms with Gasteiger partial charge in [-0.25, -0.2) is 0 Å². The second-order valence-electron chi connectivity index (χ2n) is 5.82. The van der Waals surface area contributed by atoms with E-state index in [2.05, 4.69) is 33.0 Å². The Hall–Kier alpha value is -0.0800. The van der Waals surface area contributed by atoms with Crippen LogP contribution in [0.2, 0.25) is 0 Å². The van der Waals surface area contributed by atoms with Crippen LogP contribution >= 0.6 is 0 Å². The lowest BCUT2D eigenvalue weighted by molar-refractivity contribution is 0.00774. The molecule has 0 bridgehead atoms. The van der Waals surface area contributed by atoms with Crippen molar-refractivity contribution in [3.63, 3.8) is 0 Å². The molecule has 0 radical (unpaired) electrons. The van der Waals surface area contributed by atoms with Crippen LogP contribution in [0.4, 0.5) is 0 Å². The summed E-state index contributed by atoms with van der Waals surface area (Å²) in [4.78, 5) is 0. The second-order valence-corrected chi connectivity index (χ2v) is 5.82. The van der Waals surface area contributed by atoms with E-state index in [-0.39, 0.29) is 5.60 Å². The molecule has 0 amide bonds. The molecule has 0 saturated heterocycles. The minimum atomic E-state index is -0.00822. The summed E-state index contributed by atoms with van der Waals surface area (Å²) in [5.41, 5.74) is -0.00822. The van der Waals surface area contributed by atoms with Gasteiger partial charge in [0.15, 0.2) is 0 Å². The monoisotopic (exact) mass is 213 g/mol. The van der Waals surface area contributed by atoms with E-state index in [9.17, 15) is 0 Å². The fourth-order valence-electron chi connectivity index (χ4n) is 2.29. The van der Waals surface area contributed by atoms with E-state index < -0.39 is 0 Å². The van der Waals surface area contributed by atoms with Gasteiger partial charge in [0.2, 0.25) is 0 Å². The van der Waals surface area contributed by atoms with Crippen LogP contribution in [0, 0.1) is 5.92 Å². The second kappa shape index (κ2) is 5.31. The molecule has 0 heterocycles. The molecule has 1 aliphatic rings. The Morgan fingerprint density at radius 1 is 1.27 bits per heavy atom. The van der Waals surface area contributed by atoms with E-state index in [1.54, 1.807) is 7.11 Å². The lowest BCUT2D eigenvalue weighted by Crippen LogP contribution is -2.40. The van der Waals surface area contributed by atoms with Gasteiger partial charge in [-0.15, -0.1) is 0 Å². The van der Waals surface area contributed by atoms with Gasteiger partial charge in [0.05, 0.1) is 5.60 Å². The van der Waals surface area contributed by atoms with Crippen LogP contribution in [-0.4, -0.2) is 24.8 Å². The highest BCUT2D eigenvalue weighted by atomic mass is 16.5. The molecule has 1 rings (SSSR count). The summed E-state index contributed by atoms with van der Waals surface area (Å²) in [6.45, 7) is 8.85. The van der Waals surface area contributed by atoms with Crippen molar-refractivity contribution in [2.24, 2.45) is 5.92 Å². The third kappa shape index (κ3) is 5.53. The Morgan fingerprint density at radius 2 is 1.87 bits per heavy atom. The lowest BCUT2D eigenvalue weighted by Gasteiger charge is -2.29. The molecule has 1 saturated carbocycles.